The molecule has 0 aromatic heterocycles. The van der Waals surface area contributed by atoms with Crippen LogP contribution in [0.2, 0.25) is 0 Å². The van der Waals surface area contributed by atoms with Crippen LogP contribution in [0.25, 0.3) is 0 Å². The molecule has 0 spiro atoms. The molecule has 1 amide bonds. The number of nitrogens with two attached hydrogens (primary N) is 1. The summed E-state index contributed by atoms with van der Waals surface area (Å²) in [5.74, 6) is 0.165. The van der Waals surface area contributed by atoms with Crippen LogP contribution >= 0.6 is 0 Å². The zero-order valence-corrected chi connectivity index (χ0v) is 14.8. The smallest absolute Gasteiger partial charge is 0.254 e. The van der Waals surface area contributed by atoms with E-state index >= 15 is 0 Å². The van der Waals surface area contributed by atoms with Gasteiger partial charge in [-0.3, -0.25) is 4.79 Å². The van der Waals surface area contributed by atoms with E-state index in [1.165, 1.54) is 32.2 Å². The molecule has 0 saturated carbocycles. The third-order valence-corrected chi connectivity index (χ3v) is 5.35. The summed E-state index contributed by atoms with van der Waals surface area (Å²) in [5.41, 5.74) is 8.64. The first-order chi connectivity index (χ1) is 11.7. The van der Waals surface area contributed by atoms with E-state index in [-0.39, 0.29) is 5.91 Å². The predicted octanol–water partition coefficient (Wildman–Crippen LogP) is 2.08. The van der Waals surface area contributed by atoms with Crippen LogP contribution in [0.3, 0.4) is 0 Å². The van der Waals surface area contributed by atoms with Crippen molar-refractivity contribution in [3.05, 3.63) is 29.3 Å². The van der Waals surface area contributed by atoms with Crippen LogP contribution in [-0.4, -0.2) is 55.0 Å². The number of amides is 1. The standard InChI is InChI=1S/C19H30N4O/c1-21-10-3-2-4-11-22-12-6-7-15(13-22)23-14-17-16(19(23)24)8-5-9-18(17)20/h5,8-9,15,21H,2-4,6-7,10-14,20H2,1H3. The number of fused-ring (bicyclic) bond motifs is 1. The number of benzene rings is 1. The van der Waals surface area contributed by atoms with Gasteiger partial charge in [0.25, 0.3) is 5.91 Å². The monoisotopic (exact) mass is 330 g/mol. The number of carbonyl (C=O) groups is 1. The van der Waals surface area contributed by atoms with Crippen LogP contribution in [0.5, 0.6) is 0 Å². The highest BCUT2D eigenvalue weighted by atomic mass is 16.2. The van der Waals surface area contributed by atoms with E-state index in [9.17, 15) is 4.79 Å². The van der Waals surface area contributed by atoms with E-state index in [0.29, 0.717) is 12.6 Å². The third kappa shape index (κ3) is 3.73. The molecule has 1 unspecified atom stereocenters. The van der Waals surface area contributed by atoms with Gasteiger partial charge in [0, 0.05) is 35.9 Å². The third-order valence-electron chi connectivity index (χ3n) is 5.35. The first kappa shape index (κ1) is 17.2. The lowest BCUT2D eigenvalue weighted by molar-refractivity contribution is 0.0566. The minimum atomic E-state index is 0.165. The number of rotatable bonds is 7. The Bertz CT molecular complexity index is 574. The van der Waals surface area contributed by atoms with Crippen molar-refractivity contribution in [3.63, 3.8) is 0 Å². The Balaban J connectivity index is 1.54. The Morgan fingerprint density at radius 2 is 2.17 bits per heavy atom. The first-order valence-corrected chi connectivity index (χ1v) is 9.26. The maximum absolute atomic E-state index is 12.7. The molecule has 5 nitrogen and oxygen atoms in total. The first-order valence-electron chi connectivity index (χ1n) is 9.26. The van der Waals surface area contributed by atoms with Crippen molar-refractivity contribution in [2.45, 2.75) is 44.7 Å². The average molecular weight is 330 g/mol. The van der Waals surface area contributed by atoms with Crippen LogP contribution in [0.1, 0.15) is 48.0 Å². The van der Waals surface area contributed by atoms with Crippen LogP contribution < -0.4 is 11.1 Å². The van der Waals surface area contributed by atoms with E-state index in [4.69, 9.17) is 5.73 Å². The molecule has 1 atom stereocenters. The van der Waals surface area contributed by atoms with Crippen molar-refractivity contribution >= 4 is 11.6 Å². The Morgan fingerprint density at radius 3 is 2.96 bits per heavy atom. The van der Waals surface area contributed by atoms with E-state index in [1.54, 1.807) is 0 Å². The number of likely N-dealkylation sites (tertiary alicyclic amines) is 1. The summed E-state index contributed by atoms with van der Waals surface area (Å²) in [6.07, 6.45) is 6.04. The second kappa shape index (κ2) is 7.99. The Kier molecular flexibility index (Phi) is 5.74. The number of nitrogen functional groups attached to an aromatic ring is 1. The molecular weight excluding hydrogens is 300 g/mol. The lowest BCUT2D eigenvalue weighted by atomic mass is 10.0. The molecule has 3 N–H and O–H groups in total. The van der Waals surface area contributed by atoms with E-state index in [2.05, 4.69) is 10.2 Å². The van der Waals surface area contributed by atoms with Gasteiger partial charge in [0.1, 0.15) is 0 Å². The molecule has 1 aromatic carbocycles. The molecule has 3 rings (SSSR count). The number of carbonyl (C=O) groups excluding carboxylic acids is 1. The van der Waals surface area contributed by atoms with Gasteiger partial charge in [-0.05, 0) is 64.5 Å². The van der Waals surface area contributed by atoms with Crippen molar-refractivity contribution in [1.82, 2.24) is 15.1 Å². The van der Waals surface area contributed by atoms with Gasteiger partial charge >= 0.3 is 0 Å². The van der Waals surface area contributed by atoms with E-state index in [0.717, 1.165) is 42.9 Å². The number of hydrogen-bond acceptors (Lipinski definition) is 4. The van der Waals surface area contributed by atoms with Gasteiger partial charge < -0.3 is 20.9 Å². The molecule has 5 heteroatoms. The number of hydrogen-bond donors (Lipinski definition) is 2. The summed E-state index contributed by atoms with van der Waals surface area (Å²) in [4.78, 5) is 17.3. The molecule has 2 aliphatic rings. The number of nitrogens with zero attached hydrogens (tertiary/aromatic N) is 2. The minimum Gasteiger partial charge on any atom is -0.398 e. The highest BCUT2D eigenvalue weighted by Gasteiger charge is 2.35. The fraction of sp³-hybridized carbons (Fsp3) is 0.632. The summed E-state index contributed by atoms with van der Waals surface area (Å²) in [6, 6.07) is 6.02. The Hall–Kier alpha value is -1.59. The highest BCUT2D eigenvalue weighted by molar-refractivity contribution is 6.00. The van der Waals surface area contributed by atoms with Gasteiger partial charge in [-0.1, -0.05) is 12.5 Å². The van der Waals surface area contributed by atoms with Gasteiger partial charge in [-0.15, -0.1) is 0 Å². The van der Waals surface area contributed by atoms with E-state index in [1.807, 2.05) is 30.1 Å². The normalized spacial score (nSPS) is 21.3. The molecule has 1 fully saturated rings. The van der Waals surface area contributed by atoms with Crippen LogP contribution in [0.15, 0.2) is 18.2 Å². The fourth-order valence-corrected chi connectivity index (χ4v) is 3.98. The van der Waals surface area contributed by atoms with Gasteiger partial charge in [0.05, 0.1) is 0 Å². The molecular formula is C19H30N4O. The predicted molar refractivity (Wildman–Crippen MR) is 98.0 cm³/mol. The largest absolute Gasteiger partial charge is 0.398 e. The highest BCUT2D eigenvalue weighted by Crippen LogP contribution is 2.31. The summed E-state index contributed by atoms with van der Waals surface area (Å²) in [5, 5.41) is 3.20. The summed E-state index contributed by atoms with van der Waals surface area (Å²) >= 11 is 0. The molecule has 2 aliphatic heterocycles. The average Bonchev–Trinajstić information content (AvgIpc) is 2.94. The molecule has 132 valence electrons. The van der Waals surface area contributed by atoms with Crippen molar-refractivity contribution in [1.29, 1.82) is 0 Å². The van der Waals surface area contributed by atoms with Crippen LogP contribution in [0.4, 0.5) is 5.69 Å². The lowest BCUT2D eigenvalue weighted by Crippen LogP contribution is -2.48. The Labute approximate surface area is 145 Å². The second-order valence-electron chi connectivity index (χ2n) is 7.07. The summed E-state index contributed by atoms with van der Waals surface area (Å²) in [7, 11) is 2.01. The zero-order valence-electron chi connectivity index (χ0n) is 14.8. The maximum Gasteiger partial charge on any atom is 0.254 e. The van der Waals surface area contributed by atoms with E-state index < -0.39 is 0 Å². The topological polar surface area (TPSA) is 61.6 Å². The number of unbranched alkanes of at least 4 members (excludes halogenated alkanes) is 2. The molecule has 0 radical (unpaired) electrons. The molecule has 1 saturated heterocycles. The number of piperidine rings is 1. The van der Waals surface area contributed by atoms with Crippen LogP contribution in [-0.2, 0) is 6.54 Å². The summed E-state index contributed by atoms with van der Waals surface area (Å²) in [6.45, 7) is 5.11. The lowest BCUT2D eigenvalue weighted by Gasteiger charge is -2.37. The number of nitrogens with one attached hydrogen (secondary N) is 1. The molecule has 1 aromatic rings. The van der Waals surface area contributed by atoms with Gasteiger partial charge in [0.2, 0.25) is 0 Å². The molecule has 0 bridgehead atoms. The van der Waals surface area contributed by atoms with Gasteiger partial charge in [-0.2, -0.15) is 0 Å². The number of anilines is 1. The van der Waals surface area contributed by atoms with Crippen molar-refractivity contribution < 1.29 is 4.79 Å². The van der Waals surface area contributed by atoms with Crippen molar-refractivity contribution in [2.24, 2.45) is 0 Å². The summed E-state index contributed by atoms with van der Waals surface area (Å²) < 4.78 is 0. The van der Waals surface area contributed by atoms with Crippen molar-refractivity contribution in [2.75, 3.05) is 39.0 Å². The molecule has 24 heavy (non-hydrogen) atoms. The van der Waals surface area contributed by atoms with Crippen molar-refractivity contribution in [3.8, 4) is 0 Å². The Morgan fingerprint density at radius 1 is 1.29 bits per heavy atom. The SMILES string of the molecule is CNCCCCCN1CCCC(N2Cc3c(N)cccc3C2=O)C1. The fourth-order valence-electron chi connectivity index (χ4n) is 3.98. The van der Waals surface area contributed by atoms with Gasteiger partial charge in [-0.25, -0.2) is 0 Å². The van der Waals surface area contributed by atoms with Crippen LogP contribution in [0, 0.1) is 0 Å². The minimum absolute atomic E-state index is 0.165. The molecule has 0 aliphatic carbocycles. The molecule has 2 heterocycles. The maximum atomic E-state index is 12.7. The van der Waals surface area contributed by atoms with Gasteiger partial charge in [0.15, 0.2) is 0 Å². The zero-order chi connectivity index (χ0) is 16.9. The quantitative estimate of drug-likeness (QED) is 0.593. The second-order valence-corrected chi connectivity index (χ2v) is 7.07.